The maximum atomic E-state index is 12.9. The van der Waals surface area contributed by atoms with Crippen LogP contribution in [0.25, 0.3) is 0 Å². The number of rotatable bonds is 3. The molecule has 1 fully saturated rings. The van der Waals surface area contributed by atoms with Crippen molar-refractivity contribution >= 4 is 0 Å². The van der Waals surface area contributed by atoms with Crippen LogP contribution in [0.15, 0.2) is 6.07 Å². The summed E-state index contributed by atoms with van der Waals surface area (Å²) in [5.41, 5.74) is -0.0807. The van der Waals surface area contributed by atoms with E-state index < -0.39 is 11.9 Å². The molecular formula is C15H24F3N3. The van der Waals surface area contributed by atoms with Gasteiger partial charge in [-0.3, -0.25) is 4.68 Å². The highest BCUT2D eigenvalue weighted by Crippen LogP contribution is 2.33. The second-order valence-electron chi connectivity index (χ2n) is 6.41. The molecule has 0 bridgehead atoms. The Morgan fingerprint density at radius 3 is 2.14 bits per heavy atom. The highest BCUT2D eigenvalue weighted by molar-refractivity contribution is 5.17. The van der Waals surface area contributed by atoms with Gasteiger partial charge in [0.05, 0.1) is 6.04 Å². The van der Waals surface area contributed by atoms with Crippen LogP contribution >= 0.6 is 0 Å². The maximum absolute atomic E-state index is 12.9. The number of nitrogens with zero attached hydrogens (tertiary/aromatic N) is 3. The van der Waals surface area contributed by atoms with Crippen LogP contribution in [0.1, 0.15) is 63.9 Å². The van der Waals surface area contributed by atoms with Crippen LogP contribution in [0.2, 0.25) is 0 Å². The molecule has 1 aliphatic heterocycles. The van der Waals surface area contributed by atoms with Gasteiger partial charge in [-0.25, -0.2) is 0 Å². The number of halogens is 3. The van der Waals surface area contributed by atoms with Crippen molar-refractivity contribution in [3.63, 3.8) is 0 Å². The molecule has 0 atom stereocenters. The van der Waals surface area contributed by atoms with E-state index in [1.54, 1.807) is 4.68 Å². The highest BCUT2D eigenvalue weighted by atomic mass is 19.4. The van der Waals surface area contributed by atoms with Gasteiger partial charge in [0, 0.05) is 24.8 Å². The van der Waals surface area contributed by atoms with Crippen LogP contribution in [0.3, 0.4) is 0 Å². The molecule has 120 valence electrons. The molecule has 0 N–H and O–H groups in total. The van der Waals surface area contributed by atoms with Gasteiger partial charge in [0.2, 0.25) is 0 Å². The van der Waals surface area contributed by atoms with Gasteiger partial charge in [0.15, 0.2) is 5.69 Å². The lowest BCUT2D eigenvalue weighted by molar-refractivity contribution is -0.141. The zero-order chi connectivity index (χ0) is 15.8. The van der Waals surface area contributed by atoms with Crippen LogP contribution in [-0.4, -0.2) is 33.8 Å². The number of hydrogen-bond acceptors (Lipinski definition) is 2. The van der Waals surface area contributed by atoms with Crippen molar-refractivity contribution in [1.29, 1.82) is 0 Å². The van der Waals surface area contributed by atoms with Gasteiger partial charge in [-0.1, -0.05) is 13.8 Å². The van der Waals surface area contributed by atoms with Crippen LogP contribution in [0, 0.1) is 0 Å². The van der Waals surface area contributed by atoms with Crippen molar-refractivity contribution in [2.75, 3.05) is 13.1 Å². The van der Waals surface area contributed by atoms with Crippen LogP contribution in [-0.2, 0) is 6.18 Å². The lowest BCUT2D eigenvalue weighted by Crippen LogP contribution is -2.39. The molecule has 2 rings (SSSR count). The molecule has 0 amide bonds. The summed E-state index contributed by atoms with van der Waals surface area (Å²) in [6.45, 7) is 9.96. The molecule has 1 aliphatic rings. The molecule has 3 nitrogen and oxygen atoms in total. The second kappa shape index (κ2) is 5.99. The average Bonchev–Trinajstić information content (AvgIpc) is 2.83. The first-order chi connectivity index (χ1) is 9.70. The molecule has 0 unspecified atom stereocenters. The molecule has 0 aliphatic carbocycles. The van der Waals surface area contributed by atoms with Gasteiger partial charge >= 0.3 is 6.18 Å². The summed E-state index contributed by atoms with van der Waals surface area (Å²) >= 11 is 0. The average molecular weight is 303 g/mol. The van der Waals surface area contributed by atoms with Crippen molar-refractivity contribution < 1.29 is 13.2 Å². The molecule has 0 saturated carbocycles. The highest BCUT2D eigenvalue weighted by Gasteiger charge is 2.36. The molecule has 6 heteroatoms. The molecule has 0 radical (unpaired) electrons. The predicted molar refractivity (Wildman–Crippen MR) is 76.3 cm³/mol. The van der Waals surface area contributed by atoms with Crippen molar-refractivity contribution in [3.8, 4) is 0 Å². The van der Waals surface area contributed by atoms with Crippen LogP contribution < -0.4 is 0 Å². The van der Waals surface area contributed by atoms with Gasteiger partial charge in [-0.2, -0.15) is 18.3 Å². The molecule has 0 aromatic carbocycles. The normalized spacial score (nSPS) is 18.9. The van der Waals surface area contributed by atoms with Gasteiger partial charge < -0.3 is 4.90 Å². The summed E-state index contributed by atoms with van der Waals surface area (Å²) in [5.74, 6) is 0.0386. The van der Waals surface area contributed by atoms with E-state index in [0.29, 0.717) is 11.7 Å². The van der Waals surface area contributed by atoms with E-state index in [1.165, 1.54) is 6.07 Å². The molecular weight excluding hydrogens is 279 g/mol. The molecule has 21 heavy (non-hydrogen) atoms. The fourth-order valence-corrected chi connectivity index (χ4v) is 2.92. The van der Waals surface area contributed by atoms with Crippen molar-refractivity contribution in [2.24, 2.45) is 0 Å². The zero-order valence-electron chi connectivity index (χ0n) is 13.1. The Labute approximate surface area is 124 Å². The summed E-state index contributed by atoms with van der Waals surface area (Å²) in [6, 6.07) is 1.77. The Kier molecular flexibility index (Phi) is 4.66. The summed E-state index contributed by atoms with van der Waals surface area (Å²) in [7, 11) is 0. The van der Waals surface area contributed by atoms with E-state index in [2.05, 4.69) is 23.8 Å². The lowest BCUT2D eigenvalue weighted by atomic mass is 10.0. The van der Waals surface area contributed by atoms with E-state index in [1.807, 2.05) is 13.8 Å². The SMILES string of the molecule is CC(C)c1cc(C(F)(F)F)nn1C1CCN(C(C)C)CC1. The smallest absolute Gasteiger partial charge is 0.301 e. The number of hydrogen-bond donors (Lipinski definition) is 0. The minimum Gasteiger partial charge on any atom is -0.301 e. The van der Waals surface area contributed by atoms with Gasteiger partial charge in [0.25, 0.3) is 0 Å². The predicted octanol–water partition coefficient (Wildman–Crippen LogP) is 4.07. The largest absolute Gasteiger partial charge is 0.435 e. The second-order valence-corrected chi connectivity index (χ2v) is 6.41. The number of alkyl halides is 3. The third-order valence-electron chi connectivity index (χ3n) is 4.22. The molecule has 1 saturated heterocycles. The summed E-state index contributed by atoms with van der Waals surface area (Å²) in [4.78, 5) is 2.36. The standard InChI is InChI=1S/C15H24F3N3/c1-10(2)13-9-14(15(16,17)18)19-21(13)12-5-7-20(8-6-12)11(3)4/h9-12H,5-8H2,1-4H3. The van der Waals surface area contributed by atoms with Gasteiger partial charge in [0.1, 0.15) is 0 Å². The molecule has 2 heterocycles. The van der Waals surface area contributed by atoms with E-state index in [4.69, 9.17) is 0 Å². The molecule has 1 aromatic rings. The monoisotopic (exact) mass is 303 g/mol. The molecule has 0 spiro atoms. The number of likely N-dealkylation sites (tertiary alicyclic amines) is 1. The van der Waals surface area contributed by atoms with Crippen molar-refractivity contribution in [2.45, 2.75) is 64.7 Å². The third-order valence-corrected chi connectivity index (χ3v) is 4.22. The van der Waals surface area contributed by atoms with Crippen molar-refractivity contribution in [1.82, 2.24) is 14.7 Å². The minimum atomic E-state index is -4.37. The van der Waals surface area contributed by atoms with E-state index >= 15 is 0 Å². The summed E-state index contributed by atoms with van der Waals surface area (Å²) in [6.07, 6.45) is -2.65. The van der Waals surface area contributed by atoms with Crippen molar-refractivity contribution in [3.05, 3.63) is 17.5 Å². The van der Waals surface area contributed by atoms with Crippen LogP contribution in [0.5, 0.6) is 0 Å². The van der Waals surface area contributed by atoms with Gasteiger partial charge in [-0.05, 0) is 38.7 Å². The third kappa shape index (κ3) is 3.59. The fraction of sp³-hybridized carbons (Fsp3) is 0.800. The first-order valence-corrected chi connectivity index (χ1v) is 7.60. The van der Waals surface area contributed by atoms with E-state index in [9.17, 15) is 13.2 Å². The van der Waals surface area contributed by atoms with Crippen LogP contribution in [0.4, 0.5) is 13.2 Å². The Morgan fingerprint density at radius 2 is 1.71 bits per heavy atom. The number of aromatic nitrogens is 2. The fourth-order valence-electron chi connectivity index (χ4n) is 2.92. The summed E-state index contributed by atoms with van der Waals surface area (Å²) in [5, 5.41) is 3.87. The first-order valence-electron chi connectivity index (χ1n) is 7.60. The Hall–Kier alpha value is -1.04. The topological polar surface area (TPSA) is 21.1 Å². The minimum absolute atomic E-state index is 0.0386. The summed E-state index contributed by atoms with van der Waals surface area (Å²) < 4.78 is 40.3. The lowest BCUT2D eigenvalue weighted by Gasteiger charge is -2.35. The van der Waals surface area contributed by atoms with Gasteiger partial charge in [-0.15, -0.1) is 0 Å². The zero-order valence-corrected chi connectivity index (χ0v) is 13.1. The Morgan fingerprint density at radius 1 is 1.14 bits per heavy atom. The first kappa shape index (κ1) is 16.3. The Balaban J connectivity index is 2.21. The Bertz CT molecular complexity index is 469. The maximum Gasteiger partial charge on any atom is 0.435 e. The number of piperidine rings is 1. The molecule has 1 aromatic heterocycles. The van der Waals surface area contributed by atoms with E-state index in [-0.39, 0.29) is 12.0 Å². The van der Waals surface area contributed by atoms with E-state index in [0.717, 1.165) is 25.9 Å². The quantitative estimate of drug-likeness (QED) is 0.839.